The van der Waals surface area contributed by atoms with Gasteiger partial charge in [-0.15, -0.1) is 24.8 Å². The Morgan fingerprint density at radius 2 is 1.76 bits per heavy atom. The maximum absolute atomic E-state index is 12.2. The zero-order valence-electron chi connectivity index (χ0n) is 16.9. The van der Waals surface area contributed by atoms with Crippen LogP contribution in [0.15, 0.2) is 24.3 Å². The molecule has 1 amide bonds. The molecule has 5 nitrogen and oxygen atoms in total. The molecule has 0 aromatic heterocycles. The largest absolute Gasteiger partial charge is 0.492 e. The van der Waals surface area contributed by atoms with E-state index in [0.717, 1.165) is 68.7 Å². The van der Waals surface area contributed by atoms with Crippen molar-refractivity contribution in [3.63, 3.8) is 0 Å². The molecule has 1 aromatic carbocycles. The van der Waals surface area contributed by atoms with Crippen LogP contribution in [0, 0.1) is 5.92 Å². The summed E-state index contributed by atoms with van der Waals surface area (Å²) in [7, 11) is 0. The average molecular weight is 467 g/mol. The molecule has 3 rings (SSSR count). The number of hydrogen-bond donors (Lipinski definition) is 2. The summed E-state index contributed by atoms with van der Waals surface area (Å²) in [5.74, 6) is 1.81. The highest BCUT2D eigenvalue weighted by Crippen LogP contribution is 2.18. The lowest BCUT2D eigenvalue weighted by atomic mass is 9.93. The van der Waals surface area contributed by atoms with E-state index in [4.69, 9.17) is 16.3 Å². The van der Waals surface area contributed by atoms with Crippen LogP contribution in [0.25, 0.3) is 0 Å². The molecule has 0 atom stereocenters. The van der Waals surface area contributed by atoms with Gasteiger partial charge in [0.1, 0.15) is 12.4 Å². The predicted molar refractivity (Wildman–Crippen MR) is 124 cm³/mol. The summed E-state index contributed by atoms with van der Waals surface area (Å²) in [4.78, 5) is 14.6. The number of nitrogens with zero attached hydrogens (tertiary/aromatic N) is 1. The molecule has 8 heteroatoms. The minimum atomic E-state index is 0. The number of ether oxygens (including phenoxy) is 1. The van der Waals surface area contributed by atoms with Crippen LogP contribution in [-0.4, -0.2) is 56.2 Å². The lowest BCUT2D eigenvalue weighted by Crippen LogP contribution is -2.45. The fourth-order valence-corrected chi connectivity index (χ4v) is 4.06. The number of halogens is 3. The second-order valence-electron chi connectivity index (χ2n) is 7.72. The third kappa shape index (κ3) is 9.75. The Morgan fingerprint density at radius 1 is 1.10 bits per heavy atom. The van der Waals surface area contributed by atoms with Gasteiger partial charge in [-0.25, -0.2) is 0 Å². The second-order valence-corrected chi connectivity index (χ2v) is 8.15. The van der Waals surface area contributed by atoms with Crippen molar-refractivity contribution < 1.29 is 9.53 Å². The number of hydrogen-bond acceptors (Lipinski definition) is 4. The van der Waals surface area contributed by atoms with Crippen LogP contribution >= 0.6 is 36.4 Å². The molecule has 1 aromatic rings. The molecule has 0 saturated carbocycles. The van der Waals surface area contributed by atoms with E-state index in [1.165, 1.54) is 12.8 Å². The smallest absolute Gasteiger partial charge is 0.220 e. The number of carbonyl (C=O) groups excluding carboxylic acids is 1. The van der Waals surface area contributed by atoms with Crippen LogP contribution in [-0.2, 0) is 4.79 Å². The zero-order chi connectivity index (χ0) is 18.9. The van der Waals surface area contributed by atoms with E-state index < -0.39 is 0 Å². The van der Waals surface area contributed by atoms with E-state index in [1.54, 1.807) is 0 Å². The summed E-state index contributed by atoms with van der Waals surface area (Å²) < 4.78 is 5.77. The number of rotatable bonds is 8. The van der Waals surface area contributed by atoms with Crippen molar-refractivity contribution in [2.24, 2.45) is 5.92 Å². The van der Waals surface area contributed by atoms with Gasteiger partial charge in [0.2, 0.25) is 5.91 Å². The number of benzene rings is 1. The van der Waals surface area contributed by atoms with Crippen molar-refractivity contribution >= 4 is 42.3 Å². The van der Waals surface area contributed by atoms with E-state index in [0.29, 0.717) is 19.1 Å². The van der Waals surface area contributed by atoms with Crippen molar-refractivity contribution in [3.8, 4) is 5.75 Å². The first-order valence-corrected chi connectivity index (χ1v) is 10.7. The number of nitrogens with one attached hydrogen (secondary N) is 2. The second kappa shape index (κ2) is 14.3. The van der Waals surface area contributed by atoms with Crippen molar-refractivity contribution in [3.05, 3.63) is 29.3 Å². The third-order valence-electron chi connectivity index (χ3n) is 5.68. The molecular formula is C21H34Cl3N3O2. The number of amides is 1. The number of carbonyl (C=O) groups is 1. The van der Waals surface area contributed by atoms with Crippen molar-refractivity contribution in [1.29, 1.82) is 0 Å². The predicted octanol–water partition coefficient (Wildman–Crippen LogP) is 3.92. The highest BCUT2D eigenvalue weighted by Gasteiger charge is 2.21. The van der Waals surface area contributed by atoms with E-state index in [2.05, 4.69) is 15.5 Å². The van der Waals surface area contributed by atoms with Crippen LogP contribution in [0.2, 0.25) is 5.02 Å². The third-order valence-corrected chi connectivity index (χ3v) is 5.93. The molecular weight excluding hydrogens is 433 g/mol. The highest BCUT2D eigenvalue weighted by atomic mass is 35.5. The van der Waals surface area contributed by atoms with Crippen LogP contribution in [0.3, 0.4) is 0 Å². The maximum Gasteiger partial charge on any atom is 0.220 e. The van der Waals surface area contributed by atoms with Gasteiger partial charge < -0.3 is 15.4 Å². The summed E-state index contributed by atoms with van der Waals surface area (Å²) in [5.41, 5.74) is 0. The molecule has 2 aliphatic rings. The normalized spacial score (nSPS) is 18.4. The van der Waals surface area contributed by atoms with Crippen LogP contribution < -0.4 is 15.4 Å². The van der Waals surface area contributed by atoms with Gasteiger partial charge in [0.15, 0.2) is 0 Å². The first-order valence-electron chi connectivity index (χ1n) is 10.3. The van der Waals surface area contributed by atoms with E-state index >= 15 is 0 Å². The molecule has 0 bridgehead atoms. The first kappa shape index (κ1) is 26.3. The fourth-order valence-electron chi connectivity index (χ4n) is 3.93. The van der Waals surface area contributed by atoms with Gasteiger partial charge in [0.05, 0.1) is 0 Å². The van der Waals surface area contributed by atoms with Gasteiger partial charge in [-0.05, 0) is 75.4 Å². The van der Waals surface area contributed by atoms with Gasteiger partial charge in [0, 0.05) is 37.1 Å². The van der Waals surface area contributed by atoms with Gasteiger partial charge >= 0.3 is 0 Å². The molecule has 2 N–H and O–H groups in total. The Hall–Kier alpha value is -0.720. The van der Waals surface area contributed by atoms with Gasteiger partial charge in [-0.2, -0.15) is 0 Å². The Balaban J connectivity index is 0.00000210. The number of likely N-dealkylation sites (tertiary alicyclic amines) is 1. The summed E-state index contributed by atoms with van der Waals surface area (Å²) >= 11 is 5.88. The SMILES string of the molecule is Cl.Cl.O=C(CCC1CCNCC1)NC1CCN(CCOc2ccc(Cl)cc2)CC1. The summed E-state index contributed by atoms with van der Waals surface area (Å²) in [5, 5.41) is 7.34. The average Bonchev–Trinajstić information content (AvgIpc) is 2.70. The van der Waals surface area contributed by atoms with Crippen LogP contribution in [0.1, 0.15) is 38.5 Å². The van der Waals surface area contributed by atoms with Gasteiger partial charge in [0.25, 0.3) is 0 Å². The molecule has 29 heavy (non-hydrogen) atoms. The van der Waals surface area contributed by atoms with Crippen molar-refractivity contribution in [2.75, 3.05) is 39.3 Å². The molecule has 0 spiro atoms. The minimum Gasteiger partial charge on any atom is -0.492 e. The van der Waals surface area contributed by atoms with Crippen molar-refractivity contribution in [1.82, 2.24) is 15.5 Å². The first-order chi connectivity index (χ1) is 13.2. The van der Waals surface area contributed by atoms with Gasteiger partial charge in [-0.3, -0.25) is 9.69 Å². The highest BCUT2D eigenvalue weighted by molar-refractivity contribution is 6.30. The fraction of sp³-hybridized carbons (Fsp3) is 0.667. The summed E-state index contributed by atoms with van der Waals surface area (Å²) in [6.07, 6.45) is 6.20. The Kier molecular flexibility index (Phi) is 13.0. The lowest BCUT2D eigenvalue weighted by molar-refractivity contribution is -0.122. The Morgan fingerprint density at radius 3 is 2.41 bits per heavy atom. The van der Waals surface area contributed by atoms with Crippen LogP contribution in [0.5, 0.6) is 5.75 Å². The molecule has 0 radical (unpaired) electrons. The summed E-state index contributed by atoms with van der Waals surface area (Å²) in [6.45, 7) is 5.83. The zero-order valence-corrected chi connectivity index (χ0v) is 19.3. The van der Waals surface area contributed by atoms with Crippen molar-refractivity contribution in [2.45, 2.75) is 44.6 Å². The molecule has 2 saturated heterocycles. The quantitative estimate of drug-likeness (QED) is 0.610. The lowest BCUT2D eigenvalue weighted by Gasteiger charge is -2.32. The molecule has 2 fully saturated rings. The maximum atomic E-state index is 12.2. The van der Waals surface area contributed by atoms with Gasteiger partial charge in [-0.1, -0.05) is 11.6 Å². The molecule has 166 valence electrons. The monoisotopic (exact) mass is 465 g/mol. The minimum absolute atomic E-state index is 0. The standard InChI is InChI=1S/C21H32ClN3O2.2ClH/c22-18-2-4-20(5-3-18)27-16-15-25-13-9-19(10-14-25)24-21(26)6-1-17-7-11-23-12-8-17;;/h2-5,17,19,23H,1,6-16H2,(H,24,26);2*1H. The molecule has 2 aliphatic heterocycles. The Bertz CT molecular complexity index is 575. The van der Waals surface area contributed by atoms with E-state index in [-0.39, 0.29) is 30.7 Å². The van der Waals surface area contributed by atoms with Crippen LogP contribution in [0.4, 0.5) is 0 Å². The van der Waals surface area contributed by atoms with E-state index in [9.17, 15) is 4.79 Å². The molecule has 2 heterocycles. The summed E-state index contributed by atoms with van der Waals surface area (Å²) in [6, 6.07) is 7.81. The topological polar surface area (TPSA) is 53.6 Å². The number of piperidine rings is 2. The molecule has 0 unspecified atom stereocenters. The Labute approximate surface area is 192 Å². The van der Waals surface area contributed by atoms with E-state index in [1.807, 2.05) is 24.3 Å². The molecule has 0 aliphatic carbocycles.